The number of aryl methyl sites for hydroxylation is 2. The molecule has 0 bridgehead atoms. The van der Waals surface area contributed by atoms with E-state index in [-0.39, 0.29) is 0 Å². The second-order valence-corrected chi connectivity index (χ2v) is 4.45. The molecule has 0 radical (unpaired) electrons. The smallest absolute Gasteiger partial charge is 0.297 e. The SMILES string of the molecule is NCC1CCCN1c1nc2c(o1)CCC2. The van der Waals surface area contributed by atoms with Crippen LogP contribution in [0, 0.1) is 0 Å². The molecule has 82 valence electrons. The minimum Gasteiger partial charge on any atom is -0.428 e. The number of nitrogens with two attached hydrogens (primary N) is 1. The first kappa shape index (κ1) is 9.21. The van der Waals surface area contributed by atoms with E-state index < -0.39 is 0 Å². The minimum atomic E-state index is 0.434. The zero-order chi connectivity index (χ0) is 10.3. The van der Waals surface area contributed by atoms with Crippen molar-refractivity contribution in [3.63, 3.8) is 0 Å². The van der Waals surface area contributed by atoms with Crippen molar-refractivity contribution in [2.45, 2.75) is 38.1 Å². The molecule has 4 nitrogen and oxygen atoms in total. The molecule has 1 aromatic rings. The average molecular weight is 207 g/mol. The predicted octanol–water partition coefficient (Wildman–Crippen LogP) is 1.09. The minimum absolute atomic E-state index is 0.434. The first-order valence-corrected chi connectivity index (χ1v) is 5.84. The van der Waals surface area contributed by atoms with E-state index in [1.165, 1.54) is 25.0 Å². The van der Waals surface area contributed by atoms with Crippen LogP contribution in [0.25, 0.3) is 0 Å². The Labute approximate surface area is 89.5 Å². The molecule has 1 fully saturated rings. The molecule has 0 spiro atoms. The molecule has 1 aromatic heterocycles. The van der Waals surface area contributed by atoms with Crippen molar-refractivity contribution in [3.8, 4) is 0 Å². The summed E-state index contributed by atoms with van der Waals surface area (Å²) in [4.78, 5) is 6.81. The molecule has 2 heterocycles. The Morgan fingerprint density at radius 1 is 1.40 bits per heavy atom. The van der Waals surface area contributed by atoms with E-state index in [0.717, 1.165) is 31.2 Å². The standard InChI is InChI=1S/C11H17N3O/c12-7-8-3-2-6-14(8)11-13-9-4-1-5-10(9)15-11/h8H,1-7,12H2. The van der Waals surface area contributed by atoms with Crippen molar-refractivity contribution in [2.75, 3.05) is 18.0 Å². The van der Waals surface area contributed by atoms with E-state index in [1.807, 2.05) is 0 Å². The van der Waals surface area contributed by atoms with Crippen LogP contribution in [0.1, 0.15) is 30.7 Å². The van der Waals surface area contributed by atoms with E-state index in [1.54, 1.807) is 0 Å². The second kappa shape index (κ2) is 3.52. The molecule has 15 heavy (non-hydrogen) atoms. The van der Waals surface area contributed by atoms with Crippen LogP contribution in [-0.4, -0.2) is 24.1 Å². The molecule has 2 N–H and O–H groups in total. The maximum absolute atomic E-state index is 5.80. The summed E-state index contributed by atoms with van der Waals surface area (Å²) in [5.41, 5.74) is 6.92. The summed E-state index contributed by atoms with van der Waals surface area (Å²) in [6.07, 6.45) is 5.71. The molecule has 1 aliphatic heterocycles. The third-order valence-corrected chi connectivity index (χ3v) is 3.48. The Morgan fingerprint density at radius 3 is 3.13 bits per heavy atom. The van der Waals surface area contributed by atoms with Gasteiger partial charge in [-0.05, 0) is 25.7 Å². The van der Waals surface area contributed by atoms with Crippen LogP contribution in [0.15, 0.2) is 4.42 Å². The van der Waals surface area contributed by atoms with Crippen molar-refractivity contribution in [2.24, 2.45) is 5.73 Å². The quantitative estimate of drug-likeness (QED) is 0.788. The number of hydrogen-bond donors (Lipinski definition) is 1. The molecule has 4 heteroatoms. The Bertz CT molecular complexity index is 339. The van der Waals surface area contributed by atoms with Gasteiger partial charge in [0, 0.05) is 25.6 Å². The number of nitrogens with zero attached hydrogens (tertiary/aromatic N) is 2. The highest BCUT2D eigenvalue weighted by molar-refractivity contribution is 5.34. The molecule has 1 aliphatic carbocycles. The summed E-state index contributed by atoms with van der Waals surface area (Å²) in [5.74, 6) is 1.10. The molecular weight excluding hydrogens is 190 g/mol. The molecule has 2 aliphatic rings. The van der Waals surface area contributed by atoms with Crippen LogP contribution in [-0.2, 0) is 12.8 Å². The first-order chi connectivity index (χ1) is 7.38. The van der Waals surface area contributed by atoms with Crippen molar-refractivity contribution < 1.29 is 4.42 Å². The van der Waals surface area contributed by atoms with Crippen molar-refractivity contribution in [1.29, 1.82) is 0 Å². The van der Waals surface area contributed by atoms with Gasteiger partial charge in [-0.15, -0.1) is 0 Å². The number of aromatic nitrogens is 1. The van der Waals surface area contributed by atoms with Gasteiger partial charge < -0.3 is 15.1 Å². The van der Waals surface area contributed by atoms with Crippen LogP contribution in [0.3, 0.4) is 0 Å². The van der Waals surface area contributed by atoms with Crippen molar-refractivity contribution >= 4 is 6.01 Å². The normalized spacial score (nSPS) is 24.9. The number of rotatable bonds is 2. The van der Waals surface area contributed by atoms with Gasteiger partial charge in [0.05, 0.1) is 5.69 Å². The van der Waals surface area contributed by atoms with Gasteiger partial charge in [0.2, 0.25) is 0 Å². The van der Waals surface area contributed by atoms with Crippen molar-refractivity contribution in [3.05, 3.63) is 11.5 Å². The van der Waals surface area contributed by atoms with E-state index in [0.29, 0.717) is 12.6 Å². The van der Waals surface area contributed by atoms with Gasteiger partial charge in [-0.25, -0.2) is 0 Å². The summed E-state index contributed by atoms with van der Waals surface area (Å²) in [5, 5.41) is 0. The van der Waals surface area contributed by atoms with E-state index in [4.69, 9.17) is 10.2 Å². The molecule has 0 aromatic carbocycles. The number of fused-ring (bicyclic) bond motifs is 1. The molecule has 1 atom stereocenters. The lowest BCUT2D eigenvalue weighted by molar-refractivity contribution is 0.486. The van der Waals surface area contributed by atoms with Crippen LogP contribution in [0.2, 0.25) is 0 Å². The highest BCUT2D eigenvalue weighted by Crippen LogP contribution is 2.30. The lowest BCUT2D eigenvalue weighted by Crippen LogP contribution is -2.35. The Balaban J connectivity index is 1.86. The Morgan fingerprint density at radius 2 is 2.33 bits per heavy atom. The average Bonchev–Trinajstić information content (AvgIpc) is 2.91. The van der Waals surface area contributed by atoms with Crippen LogP contribution in [0.4, 0.5) is 6.01 Å². The molecular formula is C11H17N3O. The zero-order valence-electron chi connectivity index (χ0n) is 8.91. The number of anilines is 1. The monoisotopic (exact) mass is 207 g/mol. The molecule has 3 rings (SSSR count). The molecule has 0 amide bonds. The summed E-state index contributed by atoms with van der Waals surface area (Å²) in [6.45, 7) is 1.74. The lowest BCUT2D eigenvalue weighted by Gasteiger charge is -2.21. The fraction of sp³-hybridized carbons (Fsp3) is 0.727. The third-order valence-electron chi connectivity index (χ3n) is 3.48. The largest absolute Gasteiger partial charge is 0.428 e. The van der Waals surface area contributed by atoms with Gasteiger partial charge in [-0.2, -0.15) is 4.98 Å². The van der Waals surface area contributed by atoms with Gasteiger partial charge in [0.25, 0.3) is 6.01 Å². The van der Waals surface area contributed by atoms with Crippen molar-refractivity contribution in [1.82, 2.24) is 4.98 Å². The maximum Gasteiger partial charge on any atom is 0.297 e. The van der Waals surface area contributed by atoms with Crippen LogP contribution in [0.5, 0.6) is 0 Å². The summed E-state index contributed by atoms with van der Waals surface area (Å²) < 4.78 is 5.80. The Hall–Kier alpha value is -1.03. The van der Waals surface area contributed by atoms with E-state index in [9.17, 15) is 0 Å². The number of hydrogen-bond acceptors (Lipinski definition) is 4. The maximum atomic E-state index is 5.80. The predicted molar refractivity (Wildman–Crippen MR) is 58.0 cm³/mol. The van der Waals surface area contributed by atoms with E-state index >= 15 is 0 Å². The van der Waals surface area contributed by atoms with Crippen LogP contribution >= 0.6 is 0 Å². The van der Waals surface area contributed by atoms with Gasteiger partial charge in [-0.1, -0.05) is 0 Å². The van der Waals surface area contributed by atoms with Gasteiger partial charge in [0.1, 0.15) is 5.76 Å². The topological polar surface area (TPSA) is 55.3 Å². The van der Waals surface area contributed by atoms with Gasteiger partial charge in [0.15, 0.2) is 0 Å². The fourth-order valence-electron chi connectivity index (χ4n) is 2.63. The zero-order valence-corrected chi connectivity index (χ0v) is 8.91. The fourth-order valence-corrected chi connectivity index (χ4v) is 2.63. The highest BCUT2D eigenvalue weighted by Gasteiger charge is 2.29. The lowest BCUT2D eigenvalue weighted by atomic mass is 10.2. The summed E-state index contributed by atoms with van der Waals surface area (Å²) >= 11 is 0. The molecule has 0 saturated carbocycles. The van der Waals surface area contributed by atoms with E-state index in [2.05, 4.69) is 9.88 Å². The molecule has 1 saturated heterocycles. The first-order valence-electron chi connectivity index (χ1n) is 5.84. The Kier molecular flexibility index (Phi) is 2.16. The third kappa shape index (κ3) is 1.44. The summed E-state index contributed by atoms with van der Waals surface area (Å²) in [7, 11) is 0. The number of oxazole rings is 1. The summed E-state index contributed by atoms with van der Waals surface area (Å²) in [6, 6.07) is 1.25. The molecule has 1 unspecified atom stereocenters. The second-order valence-electron chi connectivity index (χ2n) is 4.45. The van der Waals surface area contributed by atoms with Gasteiger partial charge >= 0.3 is 0 Å². The highest BCUT2D eigenvalue weighted by atomic mass is 16.4. The van der Waals surface area contributed by atoms with Gasteiger partial charge in [-0.3, -0.25) is 0 Å². The van der Waals surface area contributed by atoms with Crippen LogP contribution < -0.4 is 10.6 Å².